The van der Waals surface area contributed by atoms with Crippen molar-refractivity contribution < 1.29 is 9.18 Å². The van der Waals surface area contributed by atoms with Crippen molar-refractivity contribution in [2.24, 2.45) is 0 Å². The van der Waals surface area contributed by atoms with Gasteiger partial charge in [0.15, 0.2) is 10.8 Å². The highest BCUT2D eigenvalue weighted by Crippen LogP contribution is 2.41. The zero-order valence-electron chi connectivity index (χ0n) is 14.1. The first-order chi connectivity index (χ1) is 12.5. The molecule has 8 heteroatoms. The van der Waals surface area contributed by atoms with Crippen LogP contribution in [0.4, 0.5) is 4.39 Å². The minimum absolute atomic E-state index is 0.100. The topological polar surface area (TPSA) is 50.5 Å². The molecule has 5 rings (SSSR count). The van der Waals surface area contributed by atoms with Gasteiger partial charge in [0.05, 0.1) is 6.04 Å². The molecule has 1 amide bonds. The molecular formula is C18H16BrFN4OS. The Kier molecular flexibility index (Phi) is 3.69. The fourth-order valence-electron chi connectivity index (χ4n) is 3.72. The van der Waals surface area contributed by atoms with Crippen LogP contribution in [0, 0.1) is 5.13 Å². The summed E-state index contributed by atoms with van der Waals surface area (Å²) in [6.07, 6.45) is 2.92. The van der Waals surface area contributed by atoms with Crippen LogP contribution < -0.4 is 0 Å². The summed E-state index contributed by atoms with van der Waals surface area (Å²) in [4.78, 5) is 20.6. The predicted octanol–water partition coefficient (Wildman–Crippen LogP) is 4.33. The second-order valence-electron chi connectivity index (χ2n) is 6.93. The van der Waals surface area contributed by atoms with E-state index in [1.807, 2.05) is 23.6 Å². The quantitative estimate of drug-likeness (QED) is 0.602. The molecule has 0 spiro atoms. The van der Waals surface area contributed by atoms with Gasteiger partial charge in [-0.2, -0.15) is 9.49 Å². The highest BCUT2D eigenvalue weighted by atomic mass is 79.9. The van der Waals surface area contributed by atoms with Crippen molar-refractivity contribution in [3.63, 3.8) is 0 Å². The lowest BCUT2D eigenvalue weighted by molar-refractivity contribution is 0.0673. The maximum atomic E-state index is 13.6. The van der Waals surface area contributed by atoms with Gasteiger partial charge in [0.25, 0.3) is 5.91 Å². The van der Waals surface area contributed by atoms with Crippen LogP contribution in [0.1, 0.15) is 58.3 Å². The number of fused-ring (bicyclic) bond motifs is 2. The zero-order chi connectivity index (χ0) is 18.0. The molecule has 1 atom stereocenters. The lowest BCUT2D eigenvalue weighted by atomic mass is 10.0. The van der Waals surface area contributed by atoms with E-state index in [2.05, 4.69) is 26.0 Å². The number of nitrogens with zero attached hydrogens (tertiary/aromatic N) is 4. The summed E-state index contributed by atoms with van der Waals surface area (Å²) in [5.74, 6) is 0.340. The number of hydrogen-bond donors (Lipinski definition) is 0. The molecule has 1 saturated carbocycles. The normalized spacial score (nSPS) is 19.8. The Morgan fingerprint density at radius 3 is 2.92 bits per heavy atom. The van der Waals surface area contributed by atoms with Gasteiger partial charge < -0.3 is 4.90 Å². The largest absolute Gasteiger partial charge is 0.330 e. The predicted molar refractivity (Wildman–Crippen MR) is 100 cm³/mol. The summed E-state index contributed by atoms with van der Waals surface area (Å²) in [5, 5.41) is 4.26. The van der Waals surface area contributed by atoms with E-state index in [-0.39, 0.29) is 17.1 Å². The molecule has 2 aliphatic rings. The standard InChI is InChI=1S/C18H16BrFN4OS/c1-9-11-6-16(20)26-14(11)4-5-23(9)18(25)12-7-13(10-2-3-10)24-17(21-12)8-15(19)22-24/h6-10H,2-5H2,1H3/t9-/m1/s1. The molecule has 0 bridgehead atoms. The van der Waals surface area contributed by atoms with E-state index in [9.17, 15) is 9.18 Å². The summed E-state index contributed by atoms with van der Waals surface area (Å²) < 4.78 is 16.2. The van der Waals surface area contributed by atoms with Crippen molar-refractivity contribution in [2.75, 3.05) is 6.54 Å². The minimum atomic E-state index is -0.184. The number of hydrogen-bond acceptors (Lipinski definition) is 4. The first-order valence-electron chi connectivity index (χ1n) is 8.66. The van der Waals surface area contributed by atoms with Crippen LogP contribution in [0.25, 0.3) is 5.65 Å². The van der Waals surface area contributed by atoms with Gasteiger partial charge in [-0.3, -0.25) is 4.79 Å². The number of carbonyl (C=O) groups excluding carboxylic acids is 1. The van der Waals surface area contributed by atoms with Crippen molar-refractivity contribution in [2.45, 2.75) is 38.1 Å². The molecule has 1 fully saturated rings. The van der Waals surface area contributed by atoms with Crippen LogP contribution in [0.2, 0.25) is 0 Å². The number of thiophene rings is 1. The average Bonchev–Trinajstić information content (AvgIpc) is 3.27. The van der Waals surface area contributed by atoms with Crippen LogP contribution in [0.3, 0.4) is 0 Å². The SMILES string of the molecule is C[C@@H]1c2cc(F)sc2CCN1C(=O)c1cc(C2CC2)n2nc(Br)cc2n1. The second-order valence-corrected chi connectivity index (χ2v) is 8.83. The number of carbonyl (C=O) groups is 1. The fraction of sp³-hybridized carbons (Fsp3) is 0.389. The Morgan fingerprint density at radius 1 is 1.35 bits per heavy atom. The first-order valence-corrected chi connectivity index (χ1v) is 10.3. The third-order valence-corrected chi connectivity index (χ3v) is 6.60. The Hall–Kier alpha value is -1.80. The highest BCUT2D eigenvalue weighted by molar-refractivity contribution is 9.10. The fourth-order valence-corrected chi connectivity index (χ4v) is 5.04. The van der Waals surface area contributed by atoms with Crippen LogP contribution >= 0.6 is 27.3 Å². The van der Waals surface area contributed by atoms with E-state index in [0.717, 1.165) is 29.0 Å². The summed E-state index contributed by atoms with van der Waals surface area (Å²) >= 11 is 4.58. The molecule has 3 aromatic rings. The average molecular weight is 435 g/mol. The lowest BCUT2D eigenvalue weighted by Gasteiger charge is -2.33. The van der Waals surface area contributed by atoms with Crippen LogP contribution in [0.15, 0.2) is 22.8 Å². The minimum Gasteiger partial charge on any atom is -0.330 e. The monoisotopic (exact) mass is 434 g/mol. The molecule has 5 nitrogen and oxygen atoms in total. The van der Waals surface area contributed by atoms with Crippen molar-refractivity contribution >= 4 is 38.8 Å². The Bertz CT molecular complexity index is 1040. The molecule has 0 saturated heterocycles. The molecule has 4 heterocycles. The maximum Gasteiger partial charge on any atom is 0.273 e. The number of amides is 1. The van der Waals surface area contributed by atoms with Crippen molar-refractivity contribution in [3.05, 3.63) is 49.8 Å². The molecule has 3 aromatic heterocycles. The smallest absolute Gasteiger partial charge is 0.273 e. The maximum absolute atomic E-state index is 13.6. The third-order valence-electron chi connectivity index (χ3n) is 5.21. The Balaban J connectivity index is 1.54. The lowest BCUT2D eigenvalue weighted by Crippen LogP contribution is -2.38. The summed E-state index contributed by atoms with van der Waals surface area (Å²) in [7, 11) is 0. The number of aromatic nitrogens is 3. The van der Waals surface area contributed by atoms with E-state index in [1.54, 1.807) is 11.0 Å². The zero-order valence-corrected chi connectivity index (χ0v) is 16.5. The van der Waals surface area contributed by atoms with E-state index in [1.165, 1.54) is 11.3 Å². The third kappa shape index (κ3) is 2.58. The van der Waals surface area contributed by atoms with Crippen molar-refractivity contribution in [1.82, 2.24) is 19.5 Å². The summed E-state index contributed by atoms with van der Waals surface area (Å²) in [6.45, 7) is 2.54. The van der Waals surface area contributed by atoms with E-state index in [0.29, 0.717) is 34.8 Å². The van der Waals surface area contributed by atoms with Gasteiger partial charge in [-0.05, 0) is 59.8 Å². The highest BCUT2D eigenvalue weighted by Gasteiger charge is 2.33. The molecular weight excluding hydrogens is 419 g/mol. The molecule has 0 aromatic carbocycles. The molecule has 1 aliphatic carbocycles. The summed E-state index contributed by atoms with van der Waals surface area (Å²) in [5.41, 5.74) is 3.08. The number of rotatable bonds is 2. The molecule has 0 radical (unpaired) electrons. The molecule has 1 aliphatic heterocycles. The Morgan fingerprint density at radius 2 is 2.15 bits per heavy atom. The Labute approximate surface area is 162 Å². The van der Waals surface area contributed by atoms with Crippen molar-refractivity contribution in [3.8, 4) is 0 Å². The number of halogens is 2. The van der Waals surface area contributed by atoms with E-state index >= 15 is 0 Å². The molecule has 26 heavy (non-hydrogen) atoms. The van der Waals surface area contributed by atoms with Gasteiger partial charge in [-0.15, -0.1) is 11.3 Å². The van der Waals surface area contributed by atoms with Gasteiger partial charge in [-0.1, -0.05) is 0 Å². The van der Waals surface area contributed by atoms with Gasteiger partial charge in [0.1, 0.15) is 10.3 Å². The molecule has 0 unspecified atom stereocenters. The molecule has 0 N–H and O–H groups in total. The van der Waals surface area contributed by atoms with Crippen LogP contribution in [-0.4, -0.2) is 31.9 Å². The van der Waals surface area contributed by atoms with Gasteiger partial charge in [-0.25, -0.2) is 9.50 Å². The van der Waals surface area contributed by atoms with Crippen molar-refractivity contribution in [1.29, 1.82) is 0 Å². The van der Waals surface area contributed by atoms with E-state index < -0.39 is 0 Å². The first kappa shape index (κ1) is 16.4. The van der Waals surface area contributed by atoms with Gasteiger partial charge >= 0.3 is 0 Å². The molecule has 134 valence electrons. The second kappa shape index (κ2) is 5.85. The van der Waals surface area contributed by atoms with Gasteiger partial charge in [0.2, 0.25) is 0 Å². The van der Waals surface area contributed by atoms with E-state index in [4.69, 9.17) is 0 Å². The summed E-state index contributed by atoms with van der Waals surface area (Å²) in [6, 6.07) is 5.12. The van der Waals surface area contributed by atoms with Crippen LogP contribution in [0.5, 0.6) is 0 Å². The van der Waals surface area contributed by atoms with Crippen LogP contribution in [-0.2, 0) is 6.42 Å². The van der Waals surface area contributed by atoms with Gasteiger partial charge in [0, 0.05) is 29.1 Å².